The molecule has 1 aromatic heterocycles. The third kappa shape index (κ3) is 3.01. The third-order valence-corrected chi connectivity index (χ3v) is 4.82. The quantitative estimate of drug-likeness (QED) is 0.913. The van der Waals surface area contributed by atoms with Crippen molar-refractivity contribution < 1.29 is 14.3 Å². The Labute approximate surface area is 138 Å². The monoisotopic (exact) mass is 328 g/mol. The van der Waals surface area contributed by atoms with Crippen LogP contribution < -0.4 is 14.8 Å². The summed E-state index contributed by atoms with van der Waals surface area (Å²) in [6.45, 7) is 0. The maximum Gasteiger partial charge on any atom is 0.228 e. The standard InChI is InChI=1S/C17H16N2O3S/c1-21-11-3-4-15(22-2)13(7-11)12-8-14(12)16(20)19-17-10(9-18)5-6-23-17/h3-7,12,14H,8H2,1-2H3,(H,19,20)/t12-,14+/m1/s1. The fourth-order valence-electron chi connectivity index (χ4n) is 2.66. The molecular weight excluding hydrogens is 312 g/mol. The van der Waals surface area contributed by atoms with Crippen LogP contribution in [0.3, 0.4) is 0 Å². The van der Waals surface area contributed by atoms with Crippen molar-refractivity contribution >= 4 is 22.2 Å². The first-order valence-electron chi connectivity index (χ1n) is 7.18. The number of carbonyl (C=O) groups is 1. The average molecular weight is 328 g/mol. The first-order chi connectivity index (χ1) is 11.2. The number of benzene rings is 1. The molecule has 0 saturated heterocycles. The van der Waals surface area contributed by atoms with Gasteiger partial charge in [0.2, 0.25) is 5.91 Å². The lowest BCUT2D eigenvalue weighted by molar-refractivity contribution is -0.117. The molecule has 5 nitrogen and oxygen atoms in total. The molecule has 0 aliphatic heterocycles. The van der Waals surface area contributed by atoms with Gasteiger partial charge in [0.25, 0.3) is 0 Å². The molecule has 6 heteroatoms. The smallest absolute Gasteiger partial charge is 0.228 e. The minimum absolute atomic E-state index is 0.0566. The Bertz CT molecular complexity index is 778. The first kappa shape index (κ1) is 15.4. The van der Waals surface area contributed by atoms with Gasteiger partial charge in [0.05, 0.1) is 19.8 Å². The number of nitrogens with one attached hydrogen (secondary N) is 1. The van der Waals surface area contributed by atoms with Gasteiger partial charge < -0.3 is 14.8 Å². The molecular formula is C17H16N2O3S. The molecule has 1 fully saturated rings. The number of nitriles is 1. The molecule has 3 rings (SSSR count). The number of amides is 1. The van der Waals surface area contributed by atoms with E-state index in [1.54, 1.807) is 25.7 Å². The number of rotatable bonds is 5. The lowest BCUT2D eigenvalue weighted by atomic mass is 10.1. The predicted molar refractivity (Wildman–Crippen MR) is 88.1 cm³/mol. The van der Waals surface area contributed by atoms with E-state index in [0.717, 1.165) is 23.5 Å². The molecule has 118 valence electrons. The van der Waals surface area contributed by atoms with E-state index < -0.39 is 0 Å². The zero-order valence-corrected chi connectivity index (χ0v) is 13.6. The van der Waals surface area contributed by atoms with Crippen molar-refractivity contribution in [3.05, 3.63) is 40.8 Å². The second-order valence-electron chi connectivity index (χ2n) is 5.32. The largest absolute Gasteiger partial charge is 0.497 e. The maximum atomic E-state index is 12.4. The highest BCUT2D eigenvalue weighted by Gasteiger charge is 2.45. The zero-order chi connectivity index (χ0) is 16.4. The summed E-state index contributed by atoms with van der Waals surface area (Å²) in [5.74, 6) is 1.46. The first-order valence-corrected chi connectivity index (χ1v) is 8.06. The molecule has 2 aromatic rings. The number of thiophene rings is 1. The average Bonchev–Trinajstić information content (AvgIpc) is 3.27. The Kier molecular flexibility index (Phi) is 4.22. The second-order valence-corrected chi connectivity index (χ2v) is 6.24. The number of anilines is 1. The lowest BCUT2D eigenvalue weighted by Crippen LogP contribution is -2.14. The van der Waals surface area contributed by atoms with Crippen LogP contribution >= 0.6 is 11.3 Å². The second kappa shape index (κ2) is 6.31. The summed E-state index contributed by atoms with van der Waals surface area (Å²) in [5, 5.41) is 14.3. The van der Waals surface area contributed by atoms with Gasteiger partial charge in [0.15, 0.2) is 0 Å². The van der Waals surface area contributed by atoms with Crippen LogP contribution in [-0.2, 0) is 4.79 Å². The molecule has 0 spiro atoms. The van der Waals surface area contributed by atoms with Crippen LogP contribution in [0.4, 0.5) is 5.00 Å². The fraction of sp³-hybridized carbons (Fsp3) is 0.294. The predicted octanol–water partition coefficient (Wildman–Crippen LogP) is 3.38. The Morgan fingerprint density at radius 3 is 2.87 bits per heavy atom. The minimum atomic E-state index is -0.107. The SMILES string of the molecule is COc1ccc(OC)c([C@H]2C[C@@H]2C(=O)Nc2sccc2C#N)c1. The summed E-state index contributed by atoms with van der Waals surface area (Å²) in [4.78, 5) is 12.4. The van der Waals surface area contributed by atoms with E-state index in [4.69, 9.17) is 14.7 Å². The van der Waals surface area contributed by atoms with Crippen LogP contribution in [0.15, 0.2) is 29.6 Å². The van der Waals surface area contributed by atoms with Gasteiger partial charge in [-0.15, -0.1) is 11.3 Å². The van der Waals surface area contributed by atoms with E-state index in [9.17, 15) is 4.79 Å². The van der Waals surface area contributed by atoms with Crippen molar-refractivity contribution in [2.24, 2.45) is 5.92 Å². The van der Waals surface area contributed by atoms with Gasteiger partial charge in [-0.2, -0.15) is 5.26 Å². The molecule has 0 bridgehead atoms. The number of carbonyl (C=O) groups excluding carboxylic acids is 1. The Balaban J connectivity index is 1.74. The van der Waals surface area contributed by atoms with Crippen LogP contribution in [0, 0.1) is 17.2 Å². The van der Waals surface area contributed by atoms with Crippen LogP contribution in [0.1, 0.15) is 23.5 Å². The molecule has 1 N–H and O–H groups in total. The van der Waals surface area contributed by atoms with E-state index in [1.165, 1.54) is 11.3 Å². The van der Waals surface area contributed by atoms with Gasteiger partial charge in [0.1, 0.15) is 22.6 Å². The highest BCUT2D eigenvalue weighted by atomic mass is 32.1. The minimum Gasteiger partial charge on any atom is -0.497 e. The summed E-state index contributed by atoms with van der Waals surface area (Å²) < 4.78 is 10.6. The van der Waals surface area contributed by atoms with Crippen molar-refractivity contribution in [3.8, 4) is 17.6 Å². The third-order valence-electron chi connectivity index (χ3n) is 3.99. The molecule has 23 heavy (non-hydrogen) atoms. The van der Waals surface area contributed by atoms with Crippen molar-refractivity contribution in [3.63, 3.8) is 0 Å². The molecule has 1 heterocycles. The number of nitrogens with zero attached hydrogens (tertiary/aromatic N) is 1. The molecule has 1 saturated carbocycles. The highest BCUT2D eigenvalue weighted by Crippen LogP contribution is 2.51. The summed E-state index contributed by atoms with van der Waals surface area (Å²) in [7, 11) is 3.23. The Morgan fingerprint density at radius 1 is 1.35 bits per heavy atom. The van der Waals surface area contributed by atoms with Gasteiger partial charge in [-0.05, 0) is 36.1 Å². The van der Waals surface area contributed by atoms with Crippen molar-refractivity contribution in [1.82, 2.24) is 0 Å². The van der Waals surface area contributed by atoms with Gasteiger partial charge >= 0.3 is 0 Å². The molecule has 0 radical (unpaired) electrons. The normalized spacial score (nSPS) is 18.8. The lowest BCUT2D eigenvalue weighted by Gasteiger charge is -2.10. The number of hydrogen-bond acceptors (Lipinski definition) is 5. The van der Waals surface area contributed by atoms with Crippen LogP contribution in [0.5, 0.6) is 11.5 Å². The van der Waals surface area contributed by atoms with Crippen LogP contribution in [-0.4, -0.2) is 20.1 Å². The van der Waals surface area contributed by atoms with E-state index in [2.05, 4.69) is 11.4 Å². The molecule has 1 amide bonds. The summed E-state index contributed by atoms with van der Waals surface area (Å²) in [6.07, 6.45) is 0.766. The van der Waals surface area contributed by atoms with E-state index >= 15 is 0 Å². The number of hydrogen-bond donors (Lipinski definition) is 1. The van der Waals surface area contributed by atoms with E-state index in [-0.39, 0.29) is 17.7 Å². The summed E-state index contributed by atoms with van der Waals surface area (Å²) in [6, 6.07) is 9.39. The maximum absolute atomic E-state index is 12.4. The number of methoxy groups -OCH3 is 2. The Morgan fingerprint density at radius 2 is 2.17 bits per heavy atom. The Hall–Kier alpha value is -2.52. The highest BCUT2D eigenvalue weighted by molar-refractivity contribution is 7.14. The summed E-state index contributed by atoms with van der Waals surface area (Å²) >= 11 is 1.36. The van der Waals surface area contributed by atoms with E-state index in [1.807, 2.05) is 18.2 Å². The van der Waals surface area contributed by atoms with Crippen LogP contribution in [0.2, 0.25) is 0 Å². The van der Waals surface area contributed by atoms with E-state index in [0.29, 0.717) is 10.6 Å². The molecule has 1 aliphatic rings. The van der Waals surface area contributed by atoms with Crippen molar-refractivity contribution in [1.29, 1.82) is 5.26 Å². The molecule has 1 aliphatic carbocycles. The summed E-state index contributed by atoms with van der Waals surface area (Å²) in [5.41, 5.74) is 1.48. The molecule has 2 atom stereocenters. The van der Waals surface area contributed by atoms with Crippen LogP contribution in [0.25, 0.3) is 0 Å². The van der Waals surface area contributed by atoms with Gasteiger partial charge in [-0.25, -0.2) is 0 Å². The number of ether oxygens (including phenoxy) is 2. The van der Waals surface area contributed by atoms with Gasteiger partial charge in [0, 0.05) is 17.4 Å². The van der Waals surface area contributed by atoms with Crippen molar-refractivity contribution in [2.75, 3.05) is 19.5 Å². The topological polar surface area (TPSA) is 71.3 Å². The van der Waals surface area contributed by atoms with Gasteiger partial charge in [-0.3, -0.25) is 4.79 Å². The van der Waals surface area contributed by atoms with Gasteiger partial charge in [-0.1, -0.05) is 0 Å². The van der Waals surface area contributed by atoms with Crippen molar-refractivity contribution in [2.45, 2.75) is 12.3 Å². The fourth-order valence-corrected chi connectivity index (χ4v) is 3.40. The zero-order valence-electron chi connectivity index (χ0n) is 12.8. The molecule has 1 aromatic carbocycles. The molecule has 0 unspecified atom stereocenters.